The number of thiazole rings is 1. The number of nitrogens with zero attached hydrogens (tertiary/aromatic N) is 3. The number of hydrogen-bond acceptors (Lipinski definition) is 7. The SMILES string of the molecule is Cc1cc(NC(C)C)ncc1-c1sc(C(=O)NCC(C)(C)O)nc1C(=O)N1CC(F)(F)C[C@@H]1C. The van der Waals surface area contributed by atoms with Crippen molar-refractivity contribution in [3.8, 4) is 10.4 Å². The van der Waals surface area contributed by atoms with Gasteiger partial charge in [-0.1, -0.05) is 0 Å². The summed E-state index contributed by atoms with van der Waals surface area (Å²) >= 11 is 0.993. The lowest BCUT2D eigenvalue weighted by Crippen LogP contribution is -2.38. The molecule has 1 fully saturated rings. The summed E-state index contributed by atoms with van der Waals surface area (Å²) in [6.45, 7) is 9.76. The Labute approximate surface area is 201 Å². The highest BCUT2D eigenvalue weighted by Crippen LogP contribution is 2.37. The molecule has 1 aliphatic heterocycles. The second kappa shape index (κ2) is 9.53. The number of carbonyl (C=O) groups is 2. The summed E-state index contributed by atoms with van der Waals surface area (Å²) in [7, 11) is 0. The van der Waals surface area contributed by atoms with Crippen LogP contribution in [0.25, 0.3) is 10.4 Å². The van der Waals surface area contributed by atoms with Gasteiger partial charge in [0, 0.05) is 36.8 Å². The molecule has 2 aromatic heterocycles. The van der Waals surface area contributed by atoms with E-state index in [1.807, 2.05) is 26.8 Å². The molecular formula is C23H31F2N5O3S. The van der Waals surface area contributed by atoms with Gasteiger partial charge in [-0.25, -0.2) is 18.7 Å². The Morgan fingerprint density at radius 3 is 2.59 bits per heavy atom. The van der Waals surface area contributed by atoms with Gasteiger partial charge in [-0.2, -0.15) is 0 Å². The van der Waals surface area contributed by atoms with Crippen LogP contribution in [0.15, 0.2) is 12.3 Å². The van der Waals surface area contributed by atoms with Crippen LogP contribution in [0.1, 0.15) is 66.9 Å². The number of carbonyl (C=O) groups excluding carboxylic acids is 2. The van der Waals surface area contributed by atoms with Crippen molar-refractivity contribution in [3.63, 3.8) is 0 Å². The van der Waals surface area contributed by atoms with Gasteiger partial charge in [0.25, 0.3) is 17.7 Å². The van der Waals surface area contributed by atoms with Crippen LogP contribution in [0.3, 0.4) is 0 Å². The fraction of sp³-hybridized carbons (Fsp3) is 0.565. The number of aryl methyl sites for hydroxylation is 1. The molecule has 1 atom stereocenters. The maximum Gasteiger partial charge on any atom is 0.280 e. The maximum atomic E-state index is 14.0. The summed E-state index contributed by atoms with van der Waals surface area (Å²) in [5.41, 5.74) is 0.192. The first-order valence-electron chi connectivity index (χ1n) is 11.1. The summed E-state index contributed by atoms with van der Waals surface area (Å²) in [6, 6.07) is 1.33. The average molecular weight is 496 g/mol. The Hall–Kier alpha value is -2.66. The van der Waals surface area contributed by atoms with Crippen molar-refractivity contribution in [2.75, 3.05) is 18.4 Å². The van der Waals surface area contributed by atoms with E-state index in [1.54, 1.807) is 27.0 Å². The predicted octanol–water partition coefficient (Wildman–Crippen LogP) is 3.70. The molecule has 8 nitrogen and oxygen atoms in total. The second-order valence-electron chi connectivity index (χ2n) is 9.72. The second-order valence-corrected chi connectivity index (χ2v) is 10.7. The molecule has 3 N–H and O–H groups in total. The third-order valence-corrected chi connectivity index (χ3v) is 6.37. The molecule has 2 amide bonds. The molecule has 1 aliphatic rings. The van der Waals surface area contributed by atoms with Gasteiger partial charge in [0.1, 0.15) is 11.5 Å². The van der Waals surface area contributed by atoms with Crippen LogP contribution in [-0.4, -0.2) is 68.5 Å². The number of nitrogens with one attached hydrogen (secondary N) is 2. The van der Waals surface area contributed by atoms with Crippen molar-refractivity contribution in [2.24, 2.45) is 0 Å². The van der Waals surface area contributed by atoms with Crippen LogP contribution in [0, 0.1) is 6.92 Å². The Kier molecular flexibility index (Phi) is 7.28. The minimum atomic E-state index is -2.97. The van der Waals surface area contributed by atoms with E-state index in [2.05, 4.69) is 20.6 Å². The monoisotopic (exact) mass is 495 g/mol. The zero-order valence-electron chi connectivity index (χ0n) is 20.2. The number of aromatic nitrogens is 2. The van der Waals surface area contributed by atoms with Crippen molar-refractivity contribution in [2.45, 2.75) is 71.6 Å². The van der Waals surface area contributed by atoms with Crippen LogP contribution >= 0.6 is 11.3 Å². The van der Waals surface area contributed by atoms with Crippen LogP contribution in [0.2, 0.25) is 0 Å². The lowest BCUT2D eigenvalue weighted by molar-refractivity contribution is 0.0118. The minimum absolute atomic E-state index is 0.00462. The molecule has 11 heteroatoms. The third-order valence-electron chi connectivity index (χ3n) is 5.29. The van der Waals surface area contributed by atoms with Gasteiger partial charge in [-0.3, -0.25) is 9.59 Å². The number of rotatable bonds is 7. The van der Waals surface area contributed by atoms with Gasteiger partial charge >= 0.3 is 0 Å². The molecule has 3 heterocycles. The van der Waals surface area contributed by atoms with Crippen LogP contribution in [-0.2, 0) is 0 Å². The number of pyridine rings is 1. The van der Waals surface area contributed by atoms with E-state index >= 15 is 0 Å². The van der Waals surface area contributed by atoms with Crippen molar-refractivity contribution >= 4 is 29.0 Å². The summed E-state index contributed by atoms with van der Waals surface area (Å²) in [5.74, 6) is -3.53. The lowest BCUT2D eigenvalue weighted by Gasteiger charge is -2.20. The van der Waals surface area contributed by atoms with Crippen molar-refractivity contribution in [3.05, 3.63) is 28.5 Å². The van der Waals surface area contributed by atoms with E-state index < -0.39 is 42.3 Å². The summed E-state index contributed by atoms with van der Waals surface area (Å²) < 4.78 is 28.0. The molecule has 0 aromatic carbocycles. The number of likely N-dealkylation sites (tertiary alicyclic amines) is 1. The molecule has 2 aromatic rings. The molecule has 0 bridgehead atoms. The zero-order chi connectivity index (χ0) is 25.4. The molecule has 3 rings (SSSR count). The van der Waals surface area contributed by atoms with Crippen LogP contribution in [0.4, 0.5) is 14.6 Å². The fourth-order valence-electron chi connectivity index (χ4n) is 3.71. The first-order chi connectivity index (χ1) is 15.7. The van der Waals surface area contributed by atoms with Gasteiger partial charge in [-0.05, 0) is 53.2 Å². The van der Waals surface area contributed by atoms with Gasteiger partial charge < -0.3 is 20.6 Å². The van der Waals surface area contributed by atoms with Crippen LogP contribution in [0.5, 0.6) is 0 Å². The first-order valence-corrected chi connectivity index (χ1v) is 11.9. The van der Waals surface area contributed by atoms with Gasteiger partial charge in [0.15, 0.2) is 5.01 Å². The van der Waals surface area contributed by atoms with E-state index in [0.717, 1.165) is 21.8 Å². The Morgan fingerprint density at radius 2 is 2.06 bits per heavy atom. The molecule has 186 valence electrons. The van der Waals surface area contributed by atoms with Crippen LogP contribution < -0.4 is 10.6 Å². The van der Waals surface area contributed by atoms with E-state index in [4.69, 9.17) is 0 Å². The van der Waals surface area contributed by atoms with Crippen molar-refractivity contribution in [1.29, 1.82) is 0 Å². The van der Waals surface area contributed by atoms with Gasteiger partial charge in [0.05, 0.1) is 17.0 Å². The third kappa shape index (κ3) is 6.06. The highest BCUT2D eigenvalue weighted by molar-refractivity contribution is 7.17. The van der Waals surface area contributed by atoms with E-state index in [0.29, 0.717) is 16.3 Å². The van der Waals surface area contributed by atoms with E-state index in [1.165, 1.54) is 0 Å². The average Bonchev–Trinajstić information content (AvgIpc) is 3.25. The maximum absolute atomic E-state index is 14.0. The Morgan fingerprint density at radius 1 is 1.38 bits per heavy atom. The lowest BCUT2D eigenvalue weighted by atomic mass is 10.1. The number of alkyl halides is 2. The normalized spacial score (nSPS) is 17.8. The van der Waals surface area contributed by atoms with E-state index in [9.17, 15) is 23.5 Å². The number of aliphatic hydroxyl groups is 1. The van der Waals surface area contributed by atoms with Crippen molar-refractivity contribution < 1.29 is 23.5 Å². The quantitative estimate of drug-likeness (QED) is 0.541. The minimum Gasteiger partial charge on any atom is -0.389 e. The Balaban J connectivity index is 2.02. The predicted molar refractivity (Wildman–Crippen MR) is 128 cm³/mol. The zero-order valence-corrected chi connectivity index (χ0v) is 21.0. The molecule has 0 radical (unpaired) electrons. The standard InChI is InChI=1S/C23H31F2N5O3S/c1-12(2)28-16-7-13(3)15(9-26-16)18-17(21(32)30-11-23(24,25)8-14(30)4)29-20(34-18)19(31)27-10-22(5,6)33/h7,9,12,14,33H,8,10-11H2,1-6H3,(H,26,28)(H,27,31)/t14-/m0/s1. The fourth-order valence-corrected chi connectivity index (χ4v) is 4.75. The van der Waals surface area contributed by atoms with Crippen molar-refractivity contribution in [1.82, 2.24) is 20.2 Å². The number of hydrogen-bond donors (Lipinski definition) is 3. The summed E-state index contributed by atoms with van der Waals surface area (Å²) in [6.07, 6.45) is 1.16. The largest absolute Gasteiger partial charge is 0.389 e. The smallest absolute Gasteiger partial charge is 0.280 e. The topological polar surface area (TPSA) is 107 Å². The highest BCUT2D eigenvalue weighted by Gasteiger charge is 2.46. The summed E-state index contributed by atoms with van der Waals surface area (Å²) in [4.78, 5) is 36.2. The van der Waals surface area contributed by atoms with Gasteiger partial charge in [0.2, 0.25) is 0 Å². The molecule has 0 saturated carbocycles. The molecule has 0 spiro atoms. The Bertz CT molecular complexity index is 1080. The first kappa shape index (κ1) is 26.0. The number of anilines is 1. The molecule has 0 unspecified atom stereocenters. The number of halogens is 2. The molecular weight excluding hydrogens is 464 g/mol. The highest BCUT2D eigenvalue weighted by atomic mass is 32.1. The summed E-state index contributed by atoms with van der Waals surface area (Å²) in [5, 5.41) is 15.7. The van der Waals surface area contributed by atoms with Gasteiger partial charge in [-0.15, -0.1) is 11.3 Å². The molecule has 34 heavy (non-hydrogen) atoms. The molecule has 0 aliphatic carbocycles. The molecule has 1 saturated heterocycles. The number of amides is 2. The van der Waals surface area contributed by atoms with E-state index in [-0.39, 0.29) is 23.3 Å².